The molecular weight excluding hydrogens is 477 g/mol. The van der Waals surface area contributed by atoms with Gasteiger partial charge in [-0.3, -0.25) is 9.13 Å². The molecule has 0 aliphatic carbocycles. The Labute approximate surface area is 182 Å². The molecule has 1 saturated heterocycles. The second-order valence-corrected chi connectivity index (χ2v) is 12.0. The summed E-state index contributed by atoms with van der Waals surface area (Å²) in [5.41, 5.74) is 6.32. The van der Waals surface area contributed by atoms with Crippen LogP contribution < -0.4 is 5.73 Å². The van der Waals surface area contributed by atoms with E-state index in [2.05, 4.69) is 15.0 Å². The van der Waals surface area contributed by atoms with Crippen LogP contribution in [0, 0.1) is 5.92 Å². The van der Waals surface area contributed by atoms with Crippen molar-refractivity contribution in [2.75, 3.05) is 18.1 Å². The standard InChI is InChI=1S/C15H23ClN5O8PS/c1-7(2)5-31(26,27)15(30(23,24)25)28-4-9-8(22)3-10(29-9)21-6-18-11-12(17)19-14(16)20-13(11)21/h6-10,15,22H,3-5H2,1-2H3,(H2,17,19,20)(H2,23,24,25)/t8-,9+,10+,15+/m0/s1. The Balaban J connectivity index is 1.76. The minimum atomic E-state index is -5.15. The summed E-state index contributed by atoms with van der Waals surface area (Å²) in [4.78, 5) is 30.9. The Kier molecular flexibility index (Phi) is 6.94. The van der Waals surface area contributed by atoms with E-state index in [1.54, 1.807) is 13.8 Å². The van der Waals surface area contributed by atoms with Crippen molar-refractivity contribution in [2.24, 2.45) is 5.92 Å². The van der Waals surface area contributed by atoms with Gasteiger partial charge in [0.1, 0.15) is 17.8 Å². The average Bonchev–Trinajstić information content (AvgIpc) is 3.16. The first-order valence-electron chi connectivity index (χ1n) is 9.17. The summed E-state index contributed by atoms with van der Waals surface area (Å²) < 4.78 is 48.8. The zero-order valence-electron chi connectivity index (χ0n) is 16.6. The molecule has 0 spiro atoms. The molecule has 5 N–H and O–H groups in total. The number of aromatic nitrogens is 4. The molecule has 3 rings (SSSR count). The molecule has 1 aliphatic heterocycles. The molecule has 1 aliphatic rings. The fraction of sp³-hybridized carbons (Fsp3) is 0.667. The average molecular weight is 500 g/mol. The number of nitrogens with zero attached hydrogens (tertiary/aromatic N) is 4. The number of fused-ring (bicyclic) bond motifs is 1. The van der Waals surface area contributed by atoms with Gasteiger partial charge in [-0.25, -0.2) is 13.4 Å². The Morgan fingerprint density at radius 2 is 2.10 bits per heavy atom. The third-order valence-corrected chi connectivity index (χ3v) is 9.02. The van der Waals surface area contributed by atoms with Crippen LogP contribution in [0.3, 0.4) is 0 Å². The summed E-state index contributed by atoms with van der Waals surface area (Å²) in [5, 5.41) is 7.88. The lowest BCUT2D eigenvalue weighted by atomic mass is 10.2. The van der Waals surface area contributed by atoms with E-state index in [0.717, 1.165) is 0 Å². The van der Waals surface area contributed by atoms with Crippen molar-refractivity contribution in [3.8, 4) is 0 Å². The maximum absolute atomic E-state index is 12.4. The molecular formula is C15H23ClN5O8PS. The van der Waals surface area contributed by atoms with Gasteiger partial charge in [0, 0.05) is 6.42 Å². The zero-order chi connectivity index (χ0) is 23.1. The predicted molar refractivity (Wildman–Crippen MR) is 110 cm³/mol. The number of ether oxygens (including phenoxy) is 2. The van der Waals surface area contributed by atoms with Crippen LogP contribution in [0.15, 0.2) is 6.33 Å². The van der Waals surface area contributed by atoms with Gasteiger partial charge in [0.25, 0.3) is 5.18 Å². The first kappa shape index (κ1) is 24.3. The van der Waals surface area contributed by atoms with Gasteiger partial charge in [-0.15, -0.1) is 0 Å². The van der Waals surface area contributed by atoms with E-state index in [1.807, 2.05) is 0 Å². The maximum Gasteiger partial charge on any atom is 0.369 e. The SMILES string of the molecule is CC(C)CS(=O)(=O)[C@H](OC[C@H]1O[C@@H](n2cnc3c(N)nc(Cl)nc32)C[C@@H]1O)P(=O)(O)O. The smallest absolute Gasteiger partial charge is 0.369 e. The number of hydrogen-bond acceptors (Lipinski definition) is 10. The lowest BCUT2D eigenvalue weighted by molar-refractivity contribution is -0.0606. The number of aliphatic hydroxyl groups excluding tert-OH is 1. The van der Waals surface area contributed by atoms with E-state index in [-0.39, 0.29) is 34.6 Å². The van der Waals surface area contributed by atoms with E-state index in [1.165, 1.54) is 10.9 Å². The number of nitrogen functional groups attached to an aromatic ring is 1. The molecule has 2 aromatic heterocycles. The normalized spacial score (nSPS) is 23.6. The molecule has 1 fully saturated rings. The van der Waals surface area contributed by atoms with Gasteiger partial charge in [0.2, 0.25) is 5.28 Å². The molecule has 31 heavy (non-hydrogen) atoms. The Hall–Kier alpha value is -1.38. The molecule has 0 aromatic carbocycles. The van der Waals surface area contributed by atoms with E-state index < -0.39 is 53.4 Å². The number of halogens is 1. The van der Waals surface area contributed by atoms with Crippen LogP contribution in [-0.4, -0.2) is 72.6 Å². The van der Waals surface area contributed by atoms with Crippen LogP contribution in [0.2, 0.25) is 5.28 Å². The molecule has 16 heteroatoms. The van der Waals surface area contributed by atoms with Crippen LogP contribution in [-0.2, 0) is 23.9 Å². The van der Waals surface area contributed by atoms with E-state index in [9.17, 15) is 27.9 Å². The van der Waals surface area contributed by atoms with Gasteiger partial charge in [0.05, 0.1) is 24.8 Å². The molecule has 0 saturated carbocycles. The van der Waals surface area contributed by atoms with Crippen molar-refractivity contribution >= 4 is 46.0 Å². The summed E-state index contributed by atoms with van der Waals surface area (Å²) in [5.74, 6) is -0.772. The number of imidazole rings is 1. The van der Waals surface area contributed by atoms with Crippen LogP contribution in [0.4, 0.5) is 5.82 Å². The third-order valence-electron chi connectivity index (χ3n) is 4.49. The van der Waals surface area contributed by atoms with Crippen LogP contribution in [0.25, 0.3) is 11.2 Å². The summed E-state index contributed by atoms with van der Waals surface area (Å²) in [7, 11) is -9.41. The third kappa shape index (κ3) is 5.34. The van der Waals surface area contributed by atoms with Gasteiger partial charge in [-0.1, -0.05) is 13.8 Å². The first-order valence-corrected chi connectivity index (χ1v) is 12.9. The molecule has 2 aromatic rings. The first-order chi connectivity index (χ1) is 14.3. The van der Waals surface area contributed by atoms with Crippen molar-refractivity contribution in [1.29, 1.82) is 0 Å². The van der Waals surface area contributed by atoms with Crippen LogP contribution >= 0.6 is 19.2 Å². The lowest BCUT2D eigenvalue weighted by Crippen LogP contribution is -2.34. The number of nitrogens with two attached hydrogens (primary N) is 1. The zero-order valence-corrected chi connectivity index (χ0v) is 19.0. The van der Waals surface area contributed by atoms with E-state index in [0.29, 0.717) is 0 Å². The molecule has 13 nitrogen and oxygen atoms in total. The number of hydrogen-bond donors (Lipinski definition) is 4. The number of rotatable bonds is 8. The Morgan fingerprint density at radius 3 is 2.71 bits per heavy atom. The van der Waals surface area contributed by atoms with Crippen LogP contribution in [0.5, 0.6) is 0 Å². The minimum absolute atomic E-state index is 0.0559. The highest BCUT2D eigenvalue weighted by atomic mass is 35.5. The second kappa shape index (κ2) is 8.87. The van der Waals surface area contributed by atoms with Gasteiger partial charge < -0.3 is 30.1 Å². The Morgan fingerprint density at radius 1 is 1.42 bits per heavy atom. The summed E-state index contributed by atoms with van der Waals surface area (Å²) in [6, 6.07) is 0. The van der Waals surface area contributed by atoms with E-state index in [4.69, 9.17) is 26.8 Å². The summed E-state index contributed by atoms with van der Waals surface area (Å²) in [6.45, 7) is 2.64. The molecule has 174 valence electrons. The monoisotopic (exact) mass is 499 g/mol. The highest BCUT2D eigenvalue weighted by molar-refractivity contribution is 7.98. The van der Waals surface area contributed by atoms with Crippen molar-refractivity contribution in [2.45, 2.75) is 43.9 Å². The molecule has 3 heterocycles. The molecule has 4 atom stereocenters. The number of anilines is 1. The van der Waals surface area contributed by atoms with Crippen molar-refractivity contribution < 1.29 is 37.3 Å². The lowest BCUT2D eigenvalue weighted by Gasteiger charge is -2.23. The second-order valence-electron chi connectivity index (χ2n) is 7.59. The van der Waals surface area contributed by atoms with Crippen molar-refractivity contribution in [3.05, 3.63) is 11.6 Å². The Bertz CT molecular complexity index is 1110. The van der Waals surface area contributed by atoms with Gasteiger partial charge in [0.15, 0.2) is 21.3 Å². The van der Waals surface area contributed by atoms with Crippen LogP contribution in [0.1, 0.15) is 26.5 Å². The highest BCUT2D eigenvalue weighted by Gasteiger charge is 2.44. The fourth-order valence-corrected chi connectivity index (χ4v) is 7.05. The topological polar surface area (TPSA) is 200 Å². The molecule has 0 amide bonds. The number of sulfone groups is 1. The summed E-state index contributed by atoms with van der Waals surface area (Å²) in [6.07, 6.45) is -1.51. The maximum atomic E-state index is 12.4. The van der Waals surface area contributed by atoms with Gasteiger partial charge in [-0.2, -0.15) is 9.97 Å². The van der Waals surface area contributed by atoms with Crippen molar-refractivity contribution in [1.82, 2.24) is 19.5 Å². The van der Waals surface area contributed by atoms with Gasteiger partial charge >= 0.3 is 7.60 Å². The fourth-order valence-electron chi connectivity index (χ4n) is 3.29. The largest absolute Gasteiger partial charge is 0.390 e. The van der Waals surface area contributed by atoms with Gasteiger partial charge in [-0.05, 0) is 17.5 Å². The van der Waals surface area contributed by atoms with E-state index >= 15 is 0 Å². The molecule has 0 radical (unpaired) electrons. The quantitative estimate of drug-likeness (QED) is 0.285. The van der Waals surface area contributed by atoms with Crippen molar-refractivity contribution in [3.63, 3.8) is 0 Å². The minimum Gasteiger partial charge on any atom is -0.390 e. The number of aliphatic hydroxyl groups is 1. The molecule has 0 bridgehead atoms. The summed E-state index contributed by atoms with van der Waals surface area (Å²) >= 11 is 5.84. The highest BCUT2D eigenvalue weighted by Crippen LogP contribution is 2.46. The molecule has 0 unspecified atom stereocenters. The predicted octanol–water partition coefficient (Wildman–Crippen LogP) is 0.259.